The highest BCUT2D eigenvalue weighted by Gasteiger charge is 2.20. The highest BCUT2D eigenvalue weighted by atomic mass is 16.5. The quantitative estimate of drug-likeness (QED) is 0.568. The summed E-state index contributed by atoms with van der Waals surface area (Å²) in [6.45, 7) is 12.5. The van der Waals surface area contributed by atoms with Gasteiger partial charge >= 0.3 is 0 Å². The van der Waals surface area contributed by atoms with E-state index in [0.29, 0.717) is 19.8 Å². The molecule has 5 heteroatoms. The molecule has 0 aliphatic carbocycles. The number of hydrogen-bond acceptors (Lipinski definition) is 4. The molecule has 0 spiro atoms. The van der Waals surface area contributed by atoms with Gasteiger partial charge in [0.25, 0.3) is 0 Å². The zero-order chi connectivity index (χ0) is 15.6. The molecule has 0 aliphatic heterocycles. The van der Waals surface area contributed by atoms with Crippen LogP contribution in [0.15, 0.2) is 0 Å². The van der Waals surface area contributed by atoms with Crippen molar-refractivity contribution in [3.8, 4) is 0 Å². The lowest BCUT2D eigenvalue weighted by molar-refractivity contribution is -0.119. The van der Waals surface area contributed by atoms with Gasteiger partial charge in [-0.2, -0.15) is 0 Å². The average Bonchev–Trinajstić information content (AvgIpc) is 2.32. The highest BCUT2D eigenvalue weighted by Crippen LogP contribution is 2.16. The third-order valence-electron chi connectivity index (χ3n) is 3.15. The van der Waals surface area contributed by atoms with Crippen LogP contribution in [-0.2, 0) is 14.3 Å². The summed E-state index contributed by atoms with van der Waals surface area (Å²) in [5, 5.41) is 5.91. The van der Waals surface area contributed by atoms with E-state index in [1.165, 1.54) is 6.92 Å². The molecule has 20 heavy (non-hydrogen) atoms. The molecule has 0 rings (SSSR count). The summed E-state index contributed by atoms with van der Waals surface area (Å²) in [5.74, 6) is -0.00424. The number of carbonyl (C=O) groups is 1. The molecule has 0 fully saturated rings. The van der Waals surface area contributed by atoms with Crippen molar-refractivity contribution in [2.75, 3.05) is 33.4 Å². The Morgan fingerprint density at radius 2 is 1.40 bits per heavy atom. The van der Waals surface area contributed by atoms with E-state index in [4.69, 9.17) is 9.47 Å². The second-order valence-corrected chi connectivity index (χ2v) is 6.30. The maximum atomic E-state index is 10.8. The molecule has 0 atom stereocenters. The van der Waals surface area contributed by atoms with Crippen LogP contribution >= 0.6 is 0 Å². The van der Waals surface area contributed by atoms with E-state index < -0.39 is 0 Å². The van der Waals surface area contributed by atoms with Gasteiger partial charge in [0.1, 0.15) is 0 Å². The van der Waals surface area contributed by atoms with Crippen LogP contribution in [0, 0.1) is 0 Å². The SMILES string of the molecule is CNCCC(C)(C)OCCOC(C)(C)CCNC(C)=O. The van der Waals surface area contributed by atoms with Gasteiger partial charge in [-0.1, -0.05) is 0 Å². The van der Waals surface area contributed by atoms with Crippen LogP contribution in [0.1, 0.15) is 47.5 Å². The molecule has 0 aromatic heterocycles. The van der Waals surface area contributed by atoms with Crippen molar-refractivity contribution in [3.63, 3.8) is 0 Å². The second kappa shape index (κ2) is 9.32. The largest absolute Gasteiger partial charge is 0.373 e. The van der Waals surface area contributed by atoms with Gasteiger partial charge in [0.2, 0.25) is 5.91 Å². The first-order valence-electron chi connectivity index (χ1n) is 7.35. The third-order valence-corrected chi connectivity index (χ3v) is 3.15. The summed E-state index contributed by atoms with van der Waals surface area (Å²) in [6, 6.07) is 0. The van der Waals surface area contributed by atoms with E-state index in [2.05, 4.69) is 24.5 Å². The molecule has 0 saturated carbocycles. The lowest BCUT2D eigenvalue weighted by Gasteiger charge is -2.28. The van der Waals surface area contributed by atoms with Crippen molar-refractivity contribution in [2.45, 2.75) is 58.7 Å². The van der Waals surface area contributed by atoms with Crippen molar-refractivity contribution in [3.05, 3.63) is 0 Å². The topological polar surface area (TPSA) is 59.6 Å². The fourth-order valence-electron chi connectivity index (χ4n) is 1.75. The Morgan fingerprint density at radius 3 is 1.80 bits per heavy atom. The minimum absolute atomic E-state index is 0.00424. The molecule has 0 radical (unpaired) electrons. The Kier molecular flexibility index (Phi) is 9.01. The zero-order valence-electron chi connectivity index (χ0n) is 14.0. The van der Waals surface area contributed by atoms with Crippen LogP contribution in [0.3, 0.4) is 0 Å². The number of nitrogens with one attached hydrogen (secondary N) is 2. The van der Waals surface area contributed by atoms with Crippen molar-refractivity contribution in [2.24, 2.45) is 0 Å². The molecule has 1 amide bonds. The van der Waals surface area contributed by atoms with Crippen molar-refractivity contribution < 1.29 is 14.3 Å². The molecule has 0 heterocycles. The molecule has 5 nitrogen and oxygen atoms in total. The van der Waals surface area contributed by atoms with Gasteiger partial charge in [-0.3, -0.25) is 4.79 Å². The van der Waals surface area contributed by atoms with E-state index in [9.17, 15) is 4.79 Å². The normalized spacial score (nSPS) is 12.5. The van der Waals surface area contributed by atoms with Crippen LogP contribution in [0.4, 0.5) is 0 Å². The second-order valence-electron chi connectivity index (χ2n) is 6.30. The van der Waals surface area contributed by atoms with Gasteiger partial charge in [-0.15, -0.1) is 0 Å². The summed E-state index contributed by atoms with van der Waals surface area (Å²) in [7, 11) is 1.94. The smallest absolute Gasteiger partial charge is 0.216 e. The highest BCUT2D eigenvalue weighted by molar-refractivity contribution is 5.72. The number of hydrogen-bond donors (Lipinski definition) is 2. The molecule has 2 N–H and O–H groups in total. The Labute approximate surface area is 123 Å². The Hall–Kier alpha value is -0.650. The Morgan fingerprint density at radius 1 is 0.950 bits per heavy atom. The maximum Gasteiger partial charge on any atom is 0.216 e. The maximum absolute atomic E-state index is 10.8. The standard InChI is InChI=1S/C15H32N2O3/c1-13(18)17-10-8-15(4,5)20-12-11-19-14(2,3)7-9-16-6/h16H,7-12H2,1-6H3,(H,17,18). The average molecular weight is 288 g/mol. The minimum Gasteiger partial charge on any atom is -0.373 e. The molecule has 0 aromatic rings. The fourth-order valence-corrected chi connectivity index (χ4v) is 1.75. The van der Waals surface area contributed by atoms with Crippen molar-refractivity contribution in [1.29, 1.82) is 0 Å². The monoisotopic (exact) mass is 288 g/mol. The van der Waals surface area contributed by atoms with Crippen LogP contribution in [-0.4, -0.2) is 50.5 Å². The number of rotatable bonds is 11. The molecule has 0 saturated heterocycles. The lowest BCUT2D eigenvalue weighted by Crippen LogP contribution is -2.34. The Bertz CT molecular complexity index is 278. The summed E-state index contributed by atoms with van der Waals surface area (Å²) in [4.78, 5) is 10.8. The predicted octanol–water partition coefficient (Wildman–Crippen LogP) is 1.71. The predicted molar refractivity (Wildman–Crippen MR) is 81.9 cm³/mol. The van der Waals surface area contributed by atoms with E-state index in [-0.39, 0.29) is 17.1 Å². The van der Waals surface area contributed by atoms with Gasteiger partial charge in [0, 0.05) is 13.5 Å². The van der Waals surface area contributed by atoms with Gasteiger partial charge in [0.05, 0.1) is 24.4 Å². The first-order chi connectivity index (χ1) is 9.18. The first kappa shape index (κ1) is 19.4. The van der Waals surface area contributed by atoms with E-state index in [0.717, 1.165) is 19.4 Å². The molecule has 120 valence electrons. The number of carbonyl (C=O) groups excluding carboxylic acids is 1. The molecular formula is C15H32N2O3. The van der Waals surface area contributed by atoms with Gasteiger partial charge < -0.3 is 20.1 Å². The summed E-state index contributed by atoms with van der Waals surface area (Å²) in [5.41, 5.74) is -0.381. The molecule has 0 aliphatic rings. The van der Waals surface area contributed by atoms with Crippen LogP contribution in [0.2, 0.25) is 0 Å². The van der Waals surface area contributed by atoms with E-state index in [1.54, 1.807) is 0 Å². The third kappa shape index (κ3) is 11.2. The minimum atomic E-state index is -0.249. The van der Waals surface area contributed by atoms with Crippen molar-refractivity contribution in [1.82, 2.24) is 10.6 Å². The molecule has 0 aromatic carbocycles. The van der Waals surface area contributed by atoms with Crippen LogP contribution in [0.5, 0.6) is 0 Å². The first-order valence-corrected chi connectivity index (χ1v) is 7.35. The van der Waals surface area contributed by atoms with Gasteiger partial charge in [-0.25, -0.2) is 0 Å². The van der Waals surface area contributed by atoms with Crippen LogP contribution < -0.4 is 10.6 Å². The Balaban J connectivity index is 3.78. The fraction of sp³-hybridized carbons (Fsp3) is 0.933. The van der Waals surface area contributed by atoms with Crippen LogP contribution in [0.25, 0.3) is 0 Å². The molecule has 0 unspecified atom stereocenters. The zero-order valence-corrected chi connectivity index (χ0v) is 14.0. The van der Waals surface area contributed by atoms with Gasteiger partial charge in [0.15, 0.2) is 0 Å². The number of ether oxygens (including phenoxy) is 2. The lowest BCUT2D eigenvalue weighted by atomic mass is 10.1. The molecular weight excluding hydrogens is 256 g/mol. The summed E-state index contributed by atoms with van der Waals surface area (Å²) in [6.07, 6.45) is 1.76. The van der Waals surface area contributed by atoms with Crippen molar-refractivity contribution >= 4 is 5.91 Å². The summed E-state index contributed by atoms with van der Waals surface area (Å²) < 4.78 is 11.7. The molecule has 0 bridgehead atoms. The summed E-state index contributed by atoms with van der Waals surface area (Å²) >= 11 is 0. The number of amides is 1. The van der Waals surface area contributed by atoms with Gasteiger partial charge in [-0.05, 0) is 54.1 Å². The van der Waals surface area contributed by atoms with E-state index >= 15 is 0 Å². The van der Waals surface area contributed by atoms with E-state index in [1.807, 2.05) is 20.9 Å².